The van der Waals surface area contributed by atoms with E-state index in [0.717, 1.165) is 5.69 Å². The van der Waals surface area contributed by atoms with Gasteiger partial charge < -0.3 is 0 Å². The van der Waals surface area contributed by atoms with E-state index in [0.29, 0.717) is 0 Å². The topological polar surface area (TPSA) is 12.9 Å². The Hall–Kier alpha value is 1.59. The van der Waals surface area contributed by atoms with E-state index in [1.807, 2.05) is 25.1 Å². The molecule has 0 saturated heterocycles. The number of aromatic nitrogens is 1. The zero-order valence-electron chi connectivity index (χ0n) is 5.71. The van der Waals surface area contributed by atoms with Gasteiger partial charge in [0, 0.05) is 11.9 Å². The third kappa shape index (κ3) is 11.6. The van der Waals surface area contributed by atoms with Gasteiger partial charge >= 0.3 is 57.0 Å². The molecule has 0 aliphatic heterocycles. The molecule has 1 aromatic heterocycles. The number of hydrogen-bond acceptors (Lipinski definition) is 1. The predicted octanol–water partition coefficient (Wildman–Crippen LogP) is 3.85. The van der Waals surface area contributed by atoms with Crippen LogP contribution in [0.3, 0.4) is 0 Å². The van der Waals surface area contributed by atoms with Crippen LogP contribution < -0.4 is 0 Å². The van der Waals surface area contributed by atoms with E-state index in [1.54, 1.807) is 6.20 Å². The van der Waals surface area contributed by atoms with Gasteiger partial charge in [-0.2, -0.15) is 0 Å². The molecule has 0 saturated carbocycles. The third-order valence-corrected chi connectivity index (χ3v) is 0.813. The van der Waals surface area contributed by atoms with E-state index in [4.69, 9.17) is 9.42 Å². The van der Waals surface area contributed by atoms with Crippen LogP contribution in [0.4, 0.5) is 0 Å². The minimum atomic E-state index is -0.856. The van der Waals surface area contributed by atoms with Gasteiger partial charge in [0.15, 0.2) is 0 Å². The number of aryl methyl sites for hydroxylation is 1. The van der Waals surface area contributed by atoms with E-state index in [-0.39, 0.29) is 0 Å². The first-order chi connectivity index (χ1) is 5.13. The van der Waals surface area contributed by atoms with Gasteiger partial charge in [-0.15, -0.1) is 0 Å². The number of hydrogen-bond donors (Lipinski definition) is 0. The molecule has 0 radical (unpaired) electrons. The van der Waals surface area contributed by atoms with Gasteiger partial charge in [-0.05, 0) is 19.1 Å². The summed E-state index contributed by atoms with van der Waals surface area (Å²) in [6, 6.07) is 5.86. The summed E-state index contributed by atoms with van der Waals surface area (Å²) < 4.78 is 0. The molecule has 0 atom stereocenters. The molecule has 67 valence electrons. The monoisotopic (exact) mass is 577 g/mol. The Labute approximate surface area is 97.5 Å². The Balaban J connectivity index is 0.000000218. The van der Waals surface area contributed by atoms with Crippen LogP contribution in [0.5, 0.6) is 0 Å². The summed E-state index contributed by atoms with van der Waals surface area (Å²) in [4.78, 5) is 3.98. The number of halogens is 3. The number of pyridine rings is 1. The van der Waals surface area contributed by atoms with Crippen LogP contribution in [-0.4, -0.2) is 4.98 Å². The van der Waals surface area contributed by atoms with Crippen molar-refractivity contribution in [3.63, 3.8) is 0 Å². The van der Waals surface area contributed by atoms with Crippen molar-refractivity contribution in [3.05, 3.63) is 30.1 Å². The molecule has 1 heterocycles. The molecule has 1 nitrogen and oxygen atoms in total. The number of nitrogens with zero attached hydrogens (tertiary/aromatic N) is 1. The summed E-state index contributed by atoms with van der Waals surface area (Å²) >= 11 is 4.51. The van der Waals surface area contributed by atoms with Crippen LogP contribution >= 0.6 is 48.1 Å². The molecule has 0 N–H and O–H groups in total. The Kier molecular flexibility index (Phi) is 9.38. The Morgan fingerprint density at radius 3 is 2.18 bits per heavy atom. The van der Waals surface area contributed by atoms with Crippen LogP contribution in [0, 0.1) is 6.92 Å². The third-order valence-electron chi connectivity index (χ3n) is 0.813. The maximum absolute atomic E-state index is 5.41. The second-order valence-corrected chi connectivity index (χ2v) is 33.0. The van der Waals surface area contributed by atoms with Gasteiger partial charge in [-0.3, -0.25) is 4.98 Å². The quantitative estimate of drug-likeness (QED) is 0.428. The molecule has 11 heavy (non-hydrogen) atoms. The predicted molar refractivity (Wildman–Crippen MR) is 62.9 cm³/mol. The second-order valence-electron chi connectivity index (χ2n) is 1.61. The Morgan fingerprint density at radius 1 is 1.45 bits per heavy atom. The van der Waals surface area contributed by atoms with Gasteiger partial charge in [-0.1, -0.05) is 6.07 Å². The summed E-state index contributed by atoms with van der Waals surface area (Å²) in [6.45, 7) is 1.97. The summed E-state index contributed by atoms with van der Waals surface area (Å²) in [5.74, 6) is 0. The van der Waals surface area contributed by atoms with Crippen molar-refractivity contribution in [1.29, 1.82) is 0 Å². The molecule has 0 fully saturated rings. The van der Waals surface area contributed by atoms with E-state index in [1.165, 1.54) is 0 Å². The fourth-order valence-electron chi connectivity index (χ4n) is 0.448. The van der Waals surface area contributed by atoms with Gasteiger partial charge in [0.2, 0.25) is 0 Å². The van der Waals surface area contributed by atoms with E-state index in [9.17, 15) is 0 Å². The molecule has 0 spiro atoms. The SMILES string of the molecule is Cc1ccccn1.[Cl][Pt]([I])[I]. The normalized spacial score (nSPS) is 9.64. The van der Waals surface area contributed by atoms with E-state index in [2.05, 4.69) is 43.7 Å². The van der Waals surface area contributed by atoms with E-state index >= 15 is 0 Å². The summed E-state index contributed by atoms with van der Waals surface area (Å²) in [5.41, 5.74) is 1.07. The average Bonchev–Trinajstić information content (AvgIpc) is 1.87. The van der Waals surface area contributed by atoms with Crippen LogP contribution in [0.25, 0.3) is 0 Å². The summed E-state index contributed by atoms with van der Waals surface area (Å²) in [5, 5.41) is 0. The van der Waals surface area contributed by atoms with Crippen LogP contribution in [0.1, 0.15) is 5.69 Å². The van der Waals surface area contributed by atoms with Gasteiger partial charge in [0.05, 0.1) is 0 Å². The van der Waals surface area contributed by atoms with Crippen molar-refractivity contribution in [2.75, 3.05) is 0 Å². The molecule has 1 rings (SSSR count). The van der Waals surface area contributed by atoms with Crippen molar-refractivity contribution in [2.45, 2.75) is 6.92 Å². The Bertz CT molecular complexity index is 180. The maximum atomic E-state index is 5.41. The van der Waals surface area contributed by atoms with Crippen LogP contribution in [0.2, 0.25) is 0 Å². The fraction of sp³-hybridized carbons (Fsp3) is 0.167. The second kappa shape index (κ2) is 8.20. The van der Waals surface area contributed by atoms with Crippen molar-refractivity contribution < 1.29 is 8.91 Å². The number of rotatable bonds is 0. The molecule has 0 unspecified atom stereocenters. The first-order valence-electron chi connectivity index (χ1n) is 2.63. The zero-order valence-corrected chi connectivity index (χ0v) is 13.0. The van der Waals surface area contributed by atoms with E-state index < -0.39 is 8.91 Å². The zero-order chi connectivity index (χ0) is 8.69. The first kappa shape index (κ1) is 12.6. The summed E-state index contributed by atoms with van der Waals surface area (Å²) in [6.07, 6.45) is 1.79. The molecule has 0 aliphatic rings. The van der Waals surface area contributed by atoms with Crippen molar-refractivity contribution in [1.82, 2.24) is 4.98 Å². The molecule has 0 aromatic carbocycles. The van der Waals surface area contributed by atoms with Gasteiger partial charge in [0.1, 0.15) is 0 Å². The van der Waals surface area contributed by atoms with Crippen molar-refractivity contribution >= 4 is 48.1 Å². The molecular weight excluding hydrogens is 570 g/mol. The van der Waals surface area contributed by atoms with Crippen LogP contribution in [0.15, 0.2) is 24.4 Å². The van der Waals surface area contributed by atoms with Crippen LogP contribution in [-0.2, 0) is 8.91 Å². The fourth-order valence-corrected chi connectivity index (χ4v) is 0.448. The van der Waals surface area contributed by atoms with Crippen molar-refractivity contribution in [2.24, 2.45) is 0 Å². The Morgan fingerprint density at radius 2 is 2.00 bits per heavy atom. The molecule has 0 aliphatic carbocycles. The molecule has 0 bridgehead atoms. The molecular formula is C6H7ClI2NPt. The molecule has 1 aromatic rings. The average molecular weight is 577 g/mol. The molecule has 0 amide bonds. The van der Waals surface area contributed by atoms with Gasteiger partial charge in [-0.25, -0.2) is 0 Å². The molecule has 5 heteroatoms. The summed E-state index contributed by atoms with van der Waals surface area (Å²) in [7, 11) is 4.55. The van der Waals surface area contributed by atoms with Crippen molar-refractivity contribution in [3.8, 4) is 0 Å². The first-order valence-corrected chi connectivity index (χ1v) is 18.3. The van der Waals surface area contributed by atoms with Gasteiger partial charge in [0.25, 0.3) is 0 Å². The standard InChI is InChI=1S/C6H7N.ClH.2HI.Pt/c1-6-4-2-3-5-7-6;;;;/h2-5H,1H3;3*1H;/q;;;;+3/p-3. The minimum absolute atomic E-state index is 0.856.